The molecule has 0 aliphatic carbocycles. The van der Waals surface area contributed by atoms with E-state index in [1.165, 1.54) is 20.5 Å². The molecule has 29 heavy (non-hydrogen) atoms. The van der Waals surface area contributed by atoms with E-state index < -0.39 is 0 Å². The van der Waals surface area contributed by atoms with Crippen LogP contribution in [0.25, 0.3) is 20.4 Å². The molecule has 0 atom stereocenters. The van der Waals surface area contributed by atoms with Crippen LogP contribution in [0.1, 0.15) is 11.1 Å². The molecule has 0 amide bonds. The zero-order valence-electron chi connectivity index (χ0n) is 16.5. The van der Waals surface area contributed by atoms with Crippen molar-refractivity contribution >= 4 is 53.4 Å². The molecule has 3 heterocycles. The summed E-state index contributed by atoms with van der Waals surface area (Å²) in [5.74, 6) is 0. The van der Waals surface area contributed by atoms with E-state index in [1.807, 2.05) is 0 Å². The standard InChI is InChI=1S/C21H23N5OS2/c1-14-3-5-16-18(9-14)28-20(22-16)25-11-24(7-8-27)12-26(13-25)21-23-17-6-4-15(2)10-19(17)29-21/h3-6,9-10,27H,7-8,11-13H2,1-2H3. The average molecular weight is 426 g/mol. The van der Waals surface area contributed by atoms with Crippen molar-refractivity contribution in [2.75, 3.05) is 43.0 Å². The number of rotatable bonds is 4. The molecule has 150 valence electrons. The Kier molecular flexibility index (Phi) is 4.87. The highest BCUT2D eigenvalue weighted by molar-refractivity contribution is 7.22. The van der Waals surface area contributed by atoms with E-state index in [0.717, 1.165) is 41.3 Å². The van der Waals surface area contributed by atoms with Gasteiger partial charge >= 0.3 is 0 Å². The molecule has 2 aromatic heterocycles. The predicted molar refractivity (Wildman–Crippen MR) is 122 cm³/mol. The summed E-state index contributed by atoms with van der Waals surface area (Å²) in [6, 6.07) is 12.8. The van der Waals surface area contributed by atoms with Crippen LogP contribution in [0.4, 0.5) is 10.3 Å². The summed E-state index contributed by atoms with van der Waals surface area (Å²) >= 11 is 3.45. The Labute approximate surface area is 177 Å². The van der Waals surface area contributed by atoms with E-state index in [4.69, 9.17) is 9.97 Å². The van der Waals surface area contributed by atoms with Crippen LogP contribution in [0.5, 0.6) is 0 Å². The first-order valence-electron chi connectivity index (χ1n) is 9.66. The zero-order chi connectivity index (χ0) is 20.0. The third-order valence-corrected chi connectivity index (χ3v) is 7.26. The van der Waals surface area contributed by atoms with Crippen molar-refractivity contribution in [1.82, 2.24) is 14.9 Å². The van der Waals surface area contributed by atoms with Crippen LogP contribution in [0.15, 0.2) is 36.4 Å². The summed E-state index contributed by atoms with van der Waals surface area (Å²) in [6.45, 7) is 7.22. The lowest BCUT2D eigenvalue weighted by molar-refractivity contribution is 0.180. The van der Waals surface area contributed by atoms with Crippen molar-refractivity contribution < 1.29 is 5.11 Å². The number of aliphatic hydroxyl groups excluding tert-OH is 1. The maximum absolute atomic E-state index is 9.52. The van der Waals surface area contributed by atoms with Crippen molar-refractivity contribution in [3.05, 3.63) is 47.5 Å². The number of benzene rings is 2. The molecule has 0 spiro atoms. The largest absolute Gasteiger partial charge is 0.395 e. The van der Waals surface area contributed by atoms with E-state index in [0.29, 0.717) is 6.54 Å². The molecule has 1 aliphatic heterocycles. The van der Waals surface area contributed by atoms with Crippen LogP contribution < -0.4 is 9.80 Å². The van der Waals surface area contributed by atoms with Crippen molar-refractivity contribution in [3.63, 3.8) is 0 Å². The van der Waals surface area contributed by atoms with Gasteiger partial charge in [0.1, 0.15) is 0 Å². The van der Waals surface area contributed by atoms with Gasteiger partial charge in [-0.3, -0.25) is 4.90 Å². The monoisotopic (exact) mass is 425 g/mol. The predicted octanol–water partition coefficient (Wildman–Crippen LogP) is 4.02. The fraction of sp³-hybridized carbons (Fsp3) is 0.333. The van der Waals surface area contributed by atoms with Gasteiger partial charge in [-0.1, -0.05) is 34.8 Å². The van der Waals surface area contributed by atoms with Crippen molar-refractivity contribution in [3.8, 4) is 0 Å². The molecule has 4 aromatic rings. The highest BCUT2D eigenvalue weighted by Gasteiger charge is 2.27. The van der Waals surface area contributed by atoms with E-state index in [2.05, 4.69) is 64.9 Å². The Morgan fingerprint density at radius 2 is 1.34 bits per heavy atom. The van der Waals surface area contributed by atoms with E-state index >= 15 is 0 Å². The number of anilines is 2. The minimum Gasteiger partial charge on any atom is -0.395 e. The molecule has 1 N–H and O–H groups in total. The second-order valence-corrected chi connectivity index (χ2v) is 9.58. The van der Waals surface area contributed by atoms with Gasteiger partial charge in [0.2, 0.25) is 0 Å². The van der Waals surface area contributed by atoms with Gasteiger partial charge in [-0.2, -0.15) is 0 Å². The Bertz CT molecular complexity index is 1080. The van der Waals surface area contributed by atoms with Gasteiger partial charge in [0, 0.05) is 6.54 Å². The Morgan fingerprint density at radius 1 is 0.828 bits per heavy atom. The van der Waals surface area contributed by atoms with Gasteiger partial charge < -0.3 is 14.9 Å². The average Bonchev–Trinajstić information content (AvgIpc) is 3.31. The van der Waals surface area contributed by atoms with E-state index in [-0.39, 0.29) is 6.61 Å². The van der Waals surface area contributed by atoms with Crippen LogP contribution in [-0.2, 0) is 0 Å². The van der Waals surface area contributed by atoms with Crippen molar-refractivity contribution in [2.45, 2.75) is 13.8 Å². The molecule has 0 saturated carbocycles. The van der Waals surface area contributed by atoms with Gasteiger partial charge in [-0.25, -0.2) is 9.97 Å². The zero-order valence-corrected chi connectivity index (χ0v) is 18.1. The molecule has 1 saturated heterocycles. The van der Waals surface area contributed by atoms with Gasteiger partial charge in [0.25, 0.3) is 0 Å². The molecule has 2 aromatic carbocycles. The Hall–Kier alpha value is -2.26. The first kappa shape index (κ1) is 18.7. The molecule has 0 radical (unpaired) electrons. The van der Waals surface area contributed by atoms with Gasteiger partial charge in [-0.05, 0) is 49.2 Å². The fourth-order valence-electron chi connectivity index (χ4n) is 3.66. The number of aromatic nitrogens is 2. The van der Waals surface area contributed by atoms with Crippen LogP contribution in [0.3, 0.4) is 0 Å². The van der Waals surface area contributed by atoms with Gasteiger partial charge in [0.05, 0.1) is 47.0 Å². The molecule has 0 bridgehead atoms. The topological polar surface area (TPSA) is 55.7 Å². The Balaban J connectivity index is 1.48. The second kappa shape index (κ2) is 7.53. The second-order valence-electron chi connectivity index (χ2n) is 7.56. The van der Waals surface area contributed by atoms with Crippen molar-refractivity contribution in [2.24, 2.45) is 0 Å². The minimum absolute atomic E-state index is 0.139. The molecule has 6 nitrogen and oxygen atoms in total. The van der Waals surface area contributed by atoms with Crippen LogP contribution in [0, 0.1) is 13.8 Å². The Morgan fingerprint density at radius 3 is 1.83 bits per heavy atom. The summed E-state index contributed by atoms with van der Waals surface area (Å²) in [4.78, 5) is 16.5. The number of fused-ring (bicyclic) bond motifs is 2. The molecule has 0 unspecified atom stereocenters. The lowest BCUT2D eigenvalue weighted by Gasteiger charge is -2.41. The third-order valence-electron chi connectivity index (χ3n) is 5.11. The third kappa shape index (κ3) is 3.69. The molecule has 1 fully saturated rings. The number of aliphatic hydroxyl groups is 1. The maximum Gasteiger partial charge on any atom is 0.188 e. The molecule has 5 rings (SSSR count). The summed E-state index contributed by atoms with van der Waals surface area (Å²) in [6.07, 6.45) is 0. The number of nitrogens with zero attached hydrogens (tertiary/aromatic N) is 5. The fourth-order valence-corrected chi connectivity index (χ4v) is 5.75. The van der Waals surface area contributed by atoms with E-state index in [9.17, 15) is 5.11 Å². The highest BCUT2D eigenvalue weighted by atomic mass is 32.1. The summed E-state index contributed by atoms with van der Waals surface area (Å²) in [7, 11) is 0. The summed E-state index contributed by atoms with van der Waals surface area (Å²) in [5.41, 5.74) is 4.58. The first-order valence-corrected chi connectivity index (χ1v) is 11.3. The lowest BCUT2D eigenvalue weighted by atomic mass is 10.2. The smallest absolute Gasteiger partial charge is 0.188 e. The van der Waals surface area contributed by atoms with Crippen molar-refractivity contribution in [1.29, 1.82) is 0 Å². The molecule has 8 heteroatoms. The SMILES string of the molecule is Cc1ccc2nc(N3CN(CCO)CN(c4nc5ccc(C)cc5s4)C3)sc2c1. The number of β-amino-alcohol motifs (C(OH)–C–C–N with tert-alkyl or cyclic N) is 1. The highest BCUT2D eigenvalue weighted by Crippen LogP contribution is 2.34. The van der Waals surface area contributed by atoms with Crippen LogP contribution >= 0.6 is 22.7 Å². The van der Waals surface area contributed by atoms with Crippen LogP contribution in [0.2, 0.25) is 0 Å². The maximum atomic E-state index is 9.52. The van der Waals surface area contributed by atoms with Gasteiger partial charge in [0.15, 0.2) is 10.3 Å². The number of thiazole rings is 2. The quantitative estimate of drug-likeness (QED) is 0.533. The summed E-state index contributed by atoms with van der Waals surface area (Å²) in [5, 5.41) is 11.5. The molecule has 1 aliphatic rings. The number of aryl methyl sites for hydroxylation is 2. The number of hydrogen-bond donors (Lipinski definition) is 1. The summed E-state index contributed by atoms with van der Waals surface area (Å²) < 4.78 is 2.42. The normalized spacial score (nSPS) is 15.7. The van der Waals surface area contributed by atoms with Gasteiger partial charge in [-0.15, -0.1) is 0 Å². The first-order chi connectivity index (χ1) is 14.1. The lowest BCUT2D eigenvalue weighted by Crippen LogP contribution is -2.55. The van der Waals surface area contributed by atoms with E-state index in [1.54, 1.807) is 22.7 Å². The number of hydrogen-bond acceptors (Lipinski definition) is 8. The molecular weight excluding hydrogens is 402 g/mol. The van der Waals surface area contributed by atoms with Crippen LogP contribution in [-0.4, -0.2) is 53.1 Å². The molecular formula is C21H23N5OS2. The minimum atomic E-state index is 0.139.